The molecule has 0 amide bonds. The van der Waals surface area contributed by atoms with E-state index in [9.17, 15) is 9.90 Å². The first-order valence-corrected chi connectivity index (χ1v) is 5.14. The molecule has 13 heavy (non-hydrogen) atoms. The molecule has 0 spiro atoms. The molecule has 1 atom stereocenters. The highest BCUT2D eigenvalue weighted by atomic mass is 16.3. The summed E-state index contributed by atoms with van der Waals surface area (Å²) in [5.74, 6) is 0. The highest BCUT2D eigenvalue weighted by Crippen LogP contribution is 2.38. The van der Waals surface area contributed by atoms with Crippen LogP contribution in [0.2, 0.25) is 0 Å². The monoisotopic (exact) mass is 184 g/mol. The van der Waals surface area contributed by atoms with Crippen molar-refractivity contribution in [2.75, 3.05) is 0 Å². The van der Waals surface area contributed by atoms with Crippen LogP contribution in [0.4, 0.5) is 0 Å². The van der Waals surface area contributed by atoms with Crippen LogP contribution in [0.1, 0.15) is 52.4 Å². The fourth-order valence-corrected chi connectivity index (χ4v) is 2.08. The van der Waals surface area contributed by atoms with Crippen molar-refractivity contribution in [2.24, 2.45) is 5.41 Å². The molecule has 0 aromatic heterocycles. The average Bonchev–Trinajstić information content (AvgIpc) is 2.13. The molecule has 1 aliphatic rings. The van der Waals surface area contributed by atoms with Gasteiger partial charge < -0.3 is 9.90 Å². The molecule has 1 saturated carbocycles. The van der Waals surface area contributed by atoms with E-state index in [-0.39, 0.29) is 0 Å². The van der Waals surface area contributed by atoms with Crippen LogP contribution in [0.25, 0.3) is 0 Å². The van der Waals surface area contributed by atoms with Crippen LogP contribution in [-0.2, 0) is 4.79 Å². The maximum absolute atomic E-state index is 10.4. The molecule has 0 saturated heterocycles. The first-order chi connectivity index (χ1) is 5.97. The molecule has 0 aliphatic heterocycles. The van der Waals surface area contributed by atoms with Crippen LogP contribution in [0, 0.1) is 5.41 Å². The van der Waals surface area contributed by atoms with E-state index in [1.54, 1.807) is 0 Å². The highest BCUT2D eigenvalue weighted by molar-refractivity contribution is 5.51. The van der Waals surface area contributed by atoms with Gasteiger partial charge in [0.15, 0.2) is 0 Å². The summed E-state index contributed by atoms with van der Waals surface area (Å²) in [6, 6.07) is 0. The van der Waals surface area contributed by atoms with Crippen molar-refractivity contribution in [3.8, 4) is 0 Å². The molecular formula is C11H20O2. The Morgan fingerprint density at radius 2 is 1.92 bits per heavy atom. The molecule has 0 aromatic carbocycles. The van der Waals surface area contributed by atoms with Crippen molar-refractivity contribution in [3.05, 3.63) is 0 Å². The van der Waals surface area contributed by atoms with E-state index in [1.165, 1.54) is 0 Å². The van der Waals surface area contributed by atoms with Crippen LogP contribution in [0.3, 0.4) is 0 Å². The summed E-state index contributed by atoms with van der Waals surface area (Å²) >= 11 is 0. The van der Waals surface area contributed by atoms with Gasteiger partial charge >= 0.3 is 0 Å². The molecule has 2 heteroatoms. The maximum atomic E-state index is 10.4. The molecule has 1 aliphatic carbocycles. The van der Waals surface area contributed by atoms with E-state index < -0.39 is 5.60 Å². The minimum Gasteiger partial charge on any atom is -0.389 e. The molecule has 1 unspecified atom stereocenters. The lowest BCUT2D eigenvalue weighted by atomic mass is 9.84. The molecule has 1 rings (SSSR count). The number of hydrogen-bond acceptors (Lipinski definition) is 2. The van der Waals surface area contributed by atoms with E-state index in [0.29, 0.717) is 11.8 Å². The standard InChI is InChI=1S/C11H20O2/c1-10(2)4-3-5-11(13,7-6-10)8-9-12/h9,13H,3-8H2,1-2H3. The van der Waals surface area contributed by atoms with Crippen molar-refractivity contribution in [2.45, 2.75) is 58.0 Å². The zero-order chi connectivity index (χ0) is 9.95. The van der Waals surface area contributed by atoms with Crippen molar-refractivity contribution in [1.29, 1.82) is 0 Å². The third-order valence-corrected chi connectivity index (χ3v) is 3.23. The number of aldehydes is 1. The second kappa shape index (κ2) is 3.79. The van der Waals surface area contributed by atoms with Gasteiger partial charge in [-0.25, -0.2) is 0 Å². The van der Waals surface area contributed by atoms with Gasteiger partial charge in [0.2, 0.25) is 0 Å². The van der Waals surface area contributed by atoms with E-state index in [0.717, 1.165) is 38.4 Å². The summed E-state index contributed by atoms with van der Waals surface area (Å²) in [5.41, 5.74) is -0.358. The second-order valence-electron chi connectivity index (χ2n) is 5.11. The van der Waals surface area contributed by atoms with Crippen LogP contribution in [0.15, 0.2) is 0 Å². The quantitative estimate of drug-likeness (QED) is 0.528. The lowest BCUT2D eigenvalue weighted by Gasteiger charge is -2.25. The SMILES string of the molecule is CC1(C)CCCC(O)(CC=O)CC1. The topological polar surface area (TPSA) is 37.3 Å². The molecule has 0 radical (unpaired) electrons. The third kappa shape index (κ3) is 3.11. The Morgan fingerprint density at radius 1 is 1.23 bits per heavy atom. The Balaban J connectivity index is 2.57. The van der Waals surface area contributed by atoms with Gasteiger partial charge in [-0.2, -0.15) is 0 Å². The van der Waals surface area contributed by atoms with Crippen LogP contribution in [-0.4, -0.2) is 17.0 Å². The summed E-state index contributed by atoms with van der Waals surface area (Å²) in [7, 11) is 0. The zero-order valence-electron chi connectivity index (χ0n) is 8.68. The Kier molecular flexibility index (Phi) is 3.12. The predicted octanol–water partition coefficient (Wildman–Crippen LogP) is 2.30. The summed E-state index contributed by atoms with van der Waals surface area (Å²) in [5, 5.41) is 10.1. The summed E-state index contributed by atoms with van der Waals surface area (Å²) < 4.78 is 0. The normalized spacial score (nSPS) is 33.8. The first-order valence-electron chi connectivity index (χ1n) is 5.14. The molecule has 0 heterocycles. The fourth-order valence-electron chi connectivity index (χ4n) is 2.08. The molecule has 1 N–H and O–H groups in total. The molecule has 1 fully saturated rings. The molecule has 0 bridgehead atoms. The lowest BCUT2D eigenvalue weighted by molar-refractivity contribution is -0.112. The second-order valence-corrected chi connectivity index (χ2v) is 5.11. The zero-order valence-corrected chi connectivity index (χ0v) is 8.68. The number of hydrogen-bond donors (Lipinski definition) is 1. The number of rotatable bonds is 2. The van der Waals surface area contributed by atoms with Gasteiger partial charge in [0, 0.05) is 6.42 Å². The Bertz CT molecular complexity index is 187. The van der Waals surface area contributed by atoms with Gasteiger partial charge in [-0.3, -0.25) is 0 Å². The summed E-state index contributed by atoms with van der Waals surface area (Å²) in [6.07, 6.45) is 5.94. The van der Waals surface area contributed by atoms with Gasteiger partial charge in [0.1, 0.15) is 6.29 Å². The van der Waals surface area contributed by atoms with Gasteiger partial charge in [0.05, 0.1) is 5.60 Å². The minimum atomic E-state index is -0.699. The van der Waals surface area contributed by atoms with Crippen molar-refractivity contribution in [3.63, 3.8) is 0 Å². The largest absolute Gasteiger partial charge is 0.389 e. The van der Waals surface area contributed by atoms with Gasteiger partial charge in [-0.15, -0.1) is 0 Å². The van der Waals surface area contributed by atoms with Gasteiger partial charge in [0.25, 0.3) is 0 Å². The Morgan fingerprint density at radius 3 is 2.54 bits per heavy atom. The molecule has 76 valence electrons. The number of carbonyl (C=O) groups is 1. The van der Waals surface area contributed by atoms with E-state index in [1.807, 2.05) is 0 Å². The molecular weight excluding hydrogens is 164 g/mol. The highest BCUT2D eigenvalue weighted by Gasteiger charge is 2.33. The van der Waals surface area contributed by atoms with Crippen LogP contribution >= 0.6 is 0 Å². The molecule has 0 aromatic rings. The Labute approximate surface area is 80.3 Å². The van der Waals surface area contributed by atoms with Crippen molar-refractivity contribution >= 4 is 6.29 Å². The van der Waals surface area contributed by atoms with Crippen molar-refractivity contribution in [1.82, 2.24) is 0 Å². The van der Waals surface area contributed by atoms with Gasteiger partial charge in [-0.1, -0.05) is 20.3 Å². The predicted molar refractivity (Wildman–Crippen MR) is 52.5 cm³/mol. The van der Waals surface area contributed by atoms with Gasteiger partial charge in [-0.05, 0) is 31.1 Å². The van der Waals surface area contributed by atoms with E-state index >= 15 is 0 Å². The van der Waals surface area contributed by atoms with E-state index in [4.69, 9.17) is 0 Å². The van der Waals surface area contributed by atoms with Crippen LogP contribution in [0.5, 0.6) is 0 Å². The summed E-state index contributed by atoms with van der Waals surface area (Å²) in [6.45, 7) is 4.47. The number of aliphatic hydroxyl groups is 1. The van der Waals surface area contributed by atoms with Crippen molar-refractivity contribution < 1.29 is 9.90 Å². The smallest absolute Gasteiger partial charge is 0.122 e. The van der Waals surface area contributed by atoms with E-state index in [2.05, 4.69) is 13.8 Å². The Hall–Kier alpha value is -0.370. The fraction of sp³-hybridized carbons (Fsp3) is 0.909. The molecule has 2 nitrogen and oxygen atoms in total. The third-order valence-electron chi connectivity index (χ3n) is 3.23. The minimum absolute atomic E-state index is 0.309. The maximum Gasteiger partial charge on any atom is 0.122 e. The average molecular weight is 184 g/mol. The first kappa shape index (κ1) is 10.7. The number of carbonyl (C=O) groups excluding carboxylic acids is 1. The summed E-state index contributed by atoms with van der Waals surface area (Å²) in [4.78, 5) is 10.4. The lowest BCUT2D eigenvalue weighted by Crippen LogP contribution is -2.28. The van der Waals surface area contributed by atoms with Crippen LogP contribution < -0.4 is 0 Å².